The number of hydrogen-bond acceptors (Lipinski definition) is 5. The van der Waals surface area contributed by atoms with Gasteiger partial charge in [0, 0.05) is 17.0 Å². The van der Waals surface area contributed by atoms with E-state index in [1.807, 2.05) is 0 Å². The van der Waals surface area contributed by atoms with Gasteiger partial charge >= 0.3 is 12.1 Å². The molecule has 0 saturated heterocycles. The first-order valence-electron chi connectivity index (χ1n) is 8.23. The van der Waals surface area contributed by atoms with Crippen molar-refractivity contribution in [3.05, 3.63) is 51.5 Å². The molecule has 0 aliphatic carbocycles. The molecule has 0 unspecified atom stereocenters. The van der Waals surface area contributed by atoms with Gasteiger partial charge in [-0.2, -0.15) is 13.2 Å². The van der Waals surface area contributed by atoms with Crippen LogP contribution < -0.4 is 0 Å². The Morgan fingerprint density at radius 1 is 1.22 bits per heavy atom. The molecule has 0 saturated carbocycles. The first-order valence-corrected chi connectivity index (χ1v) is 9.11. The van der Waals surface area contributed by atoms with Crippen molar-refractivity contribution in [3.8, 4) is 0 Å². The van der Waals surface area contributed by atoms with Crippen molar-refractivity contribution >= 4 is 23.2 Å². The van der Waals surface area contributed by atoms with E-state index in [0.29, 0.717) is 5.01 Å². The molecule has 0 aliphatic rings. The van der Waals surface area contributed by atoms with E-state index in [4.69, 9.17) is 4.74 Å². The number of thiazole rings is 1. The molecule has 2 rings (SSSR count). The second-order valence-corrected chi connectivity index (χ2v) is 6.89. The summed E-state index contributed by atoms with van der Waals surface area (Å²) in [6.45, 7) is 5.65. The van der Waals surface area contributed by atoms with Crippen LogP contribution in [0.4, 0.5) is 13.2 Å². The molecular weight excluding hydrogens is 381 g/mol. The summed E-state index contributed by atoms with van der Waals surface area (Å²) in [6.07, 6.45) is -4.45. The number of carbonyl (C=O) groups is 2. The largest absolute Gasteiger partial charge is 0.461 e. The van der Waals surface area contributed by atoms with Crippen LogP contribution in [0.1, 0.15) is 52.2 Å². The van der Waals surface area contributed by atoms with Crippen LogP contribution in [0.2, 0.25) is 0 Å². The van der Waals surface area contributed by atoms with E-state index in [9.17, 15) is 22.8 Å². The van der Waals surface area contributed by atoms with Gasteiger partial charge in [-0.05, 0) is 45.0 Å². The fourth-order valence-electron chi connectivity index (χ4n) is 2.28. The SMILES string of the molecule is CCOC(=O)c1csc(CN(C(=O)c2ccc(C(F)(F)F)cc2)C(C)C)n1. The number of amides is 1. The zero-order valence-electron chi connectivity index (χ0n) is 15.0. The third-order valence-electron chi connectivity index (χ3n) is 3.69. The van der Waals surface area contributed by atoms with E-state index < -0.39 is 23.6 Å². The lowest BCUT2D eigenvalue weighted by Crippen LogP contribution is -2.36. The molecule has 1 aromatic heterocycles. The Hall–Kier alpha value is -2.42. The van der Waals surface area contributed by atoms with Crippen molar-refractivity contribution in [1.29, 1.82) is 0 Å². The number of hydrogen-bond donors (Lipinski definition) is 0. The fraction of sp³-hybridized carbons (Fsp3) is 0.389. The zero-order chi connectivity index (χ0) is 20.2. The molecule has 5 nitrogen and oxygen atoms in total. The summed E-state index contributed by atoms with van der Waals surface area (Å²) in [5.41, 5.74) is -0.490. The van der Waals surface area contributed by atoms with Crippen molar-refractivity contribution in [2.75, 3.05) is 6.61 Å². The van der Waals surface area contributed by atoms with Crippen LogP contribution in [-0.2, 0) is 17.5 Å². The van der Waals surface area contributed by atoms with Gasteiger partial charge in [0.1, 0.15) is 5.01 Å². The Morgan fingerprint density at radius 3 is 2.37 bits per heavy atom. The van der Waals surface area contributed by atoms with Crippen molar-refractivity contribution in [3.63, 3.8) is 0 Å². The Labute approximate surface area is 158 Å². The Kier molecular flexibility index (Phi) is 6.59. The average molecular weight is 400 g/mol. The van der Waals surface area contributed by atoms with E-state index in [-0.39, 0.29) is 30.5 Å². The molecule has 0 spiro atoms. The van der Waals surface area contributed by atoms with Gasteiger partial charge in [-0.25, -0.2) is 9.78 Å². The standard InChI is InChI=1S/C18H19F3N2O3S/c1-4-26-17(25)14-10-27-15(22-14)9-23(11(2)3)16(24)12-5-7-13(8-6-12)18(19,20)21/h5-8,10-11H,4,9H2,1-3H3. The molecular formula is C18H19F3N2O3S. The third kappa shape index (κ3) is 5.29. The van der Waals surface area contributed by atoms with Gasteiger partial charge in [-0.15, -0.1) is 11.3 Å². The molecule has 27 heavy (non-hydrogen) atoms. The van der Waals surface area contributed by atoms with Gasteiger partial charge in [0.2, 0.25) is 0 Å². The lowest BCUT2D eigenvalue weighted by atomic mass is 10.1. The number of esters is 1. The summed E-state index contributed by atoms with van der Waals surface area (Å²) in [6, 6.07) is 3.87. The minimum Gasteiger partial charge on any atom is -0.461 e. The number of carbonyl (C=O) groups excluding carboxylic acids is 2. The van der Waals surface area contributed by atoms with Crippen molar-refractivity contribution in [2.45, 2.75) is 39.5 Å². The summed E-state index contributed by atoms with van der Waals surface area (Å²) in [5, 5.41) is 2.08. The molecule has 1 heterocycles. The van der Waals surface area contributed by atoms with Crippen molar-refractivity contribution in [1.82, 2.24) is 9.88 Å². The minimum absolute atomic E-state index is 0.140. The Balaban J connectivity index is 2.17. The molecule has 1 aromatic carbocycles. The second-order valence-electron chi connectivity index (χ2n) is 5.95. The van der Waals surface area contributed by atoms with Crippen LogP contribution in [0.15, 0.2) is 29.6 Å². The van der Waals surface area contributed by atoms with Gasteiger partial charge in [0.05, 0.1) is 18.7 Å². The summed E-state index contributed by atoms with van der Waals surface area (Å²) in [4.78, 5) is 30.1. The van der Waals surface area contributed by atoms with Crippen LogP contribution >= 0.6 is 11.3 Å². The molecule has 0 radical (unpaired) electrons. The summed E-state index contributed by atoms with van der Waals surface area (Å²) >= 11 is 1.21. The lowest BCUT2D eigenvalue weighted by molar-refractivity contribution is -0.137. The number of nitrogens with zero attached hydrogens (tertiary/aromatic N) is 2. The van der Waals surface area contributed by atoms with Gasteiger partial charge in [-0.3, -0.25) is 4.79 Å². The first kappa shape index (κ1) is 20.9. The maximum atomic E-state index is 12.7. The molecule has 2 aromatic rings. The number of ether oxygens (including phenoxy) is 1. The molecule has 0 fully saturated rings. The topological polar surface area (TPSA) is 59.5 Å². The van der Waals surface area contributed by atoms with E-state index in [1.54, 1.807) is 26.2 Å². The average Bonchev–Trinajstić information content (AvgIpc) is 3.07. The second kappa shape index (κ2) is 8.51. The predicted octanol–water partition coefficient (Wildman–Crippen LogP) is 4.39. The molecule has 1 amide bonds. The smallest absolute Gasteiger partial charge is 0.416 e. The van der Waals surface area contributed by atoms with E-state index >= 15 is 0 Å². The number of rotatable bonds is 6. The molecule has 0 bridgehead atoms. The quantitative estimate of drug-likeness (QED) is 0.675. The first-order chi connectivity index (χ1) is 12.6. The van der Waals surface area contributed by atoms with Gasteiger partial charge < -0.3 is 9.64 Å². The number of halogens is 3. The maximum Gasteiger partial charge on any atom is 0.416 e. The number of alkyl halides is 3. The highest BCUT2D eigenvalue weighted by Gasteiger charge is 2.30. The van der Waals surface area contributed by atoms with Crippen LogP contribution in [-0.4, -0.2) is 34.4 Å². The Morgan fingerprint density at radius 2 is 1.85 bits per heavy atom. The minimum atomic E-state index is -4.45. The number of aromatic nitrogens is 1. The third-order valence-corrected chi connectivity index (χ3v) is 4.52. The zero-order valence-corrected chi connectivity index (χ0v) is 15.9. The summed E-state index contributed by atoms with van der Waals surface area (Å²) in [5.74, 6) is -0.947. The van der Waals surface area contributed by atoms with Gasteiger partial charge in [-0.1, -0.05) is 0 Å². The van der Waals surface area contributed by atoms with Crippen LogP contribution in [0, 0.1) is 0 Å². The normalized spacial score (nSPS) is 11.5. The van der Waals surface area contributed by atoms with E-state index in [0.717, 1.165) is 24.3 Å². The Bertz CT molecular complexity index is 801. The highest BCUT2D eigenvalue weighted by molar-refractivity contribution is 7.09. The molecule has 9 heteroatoms. The highest BCUT2D eigenvalue weighted by Crippen LogP contribution is 2.29. The monoisotopic (exact) mass is 400 g/mol. The van der Waals surface area contributed by atoms with Gasteiger partial charge in [0.15, 0.2) is 5.69 Å². The van der Waals surface area contributed by atoms with E-state index in [1.165, 1.54) is 16.2 Å². The maximum absolute atomic E-state index is 12.7. The van der Waals surface area contributed by atoms with E-state index in [2.05, 4.69) is 4.98 Å². The van der Waals surface area contributed by atoms with Crippen LogP contribution in [0.25, 0.3) is 0 Å². The van der Waals surface area contributed by atoms with Crippen molar-refractivity contribution in [2.24, 2.45) is 0 Å². The predicted molar refractivity (Wildman–Crippen MR) is 94.5 cm³/mol. The molecule has 0 aliphatic heterocycles. The van der Waals surface area contributed by atoms with Crippen LogP contribution in [0.5, 0.6) is 0 Å². The van der Waals surface area contributed by atoms with Crippen molar-refractivity contribution < 1.29 is 27.5 Å². The van der Waals surface area contributed by atoms with Gasteiger partial charge in [0.25, 0.3) is 5.91 Å². The lowest BCUT2D eigenvalue weighted by Gasteiger charge is -2.26. The number of benzene rings is 1. The summed E-state index contributed by atoms with van der Waals surface area (Å²) < 4.78 is 42.9. The van der Waals surface area contributed by atoms with Crippen LogP contribution in [0.3, 0.4) is 0 Å². The summed E-state index contributed by atoms with van der Waals surface area (Å²) in [7, 11) is 0. The fourth-order valence-corrected chi connectivity index (χ4v) is 3.05. The molecule has 146 valence electrons. The highest BCUT2D eigenvalue weighted by atomic mass is 32.1. The molecule has 0 N–H and O–H groups in total. The molecule has 0 atom stereocenters.